The van der Waals surface area contributed by atoms with E-state index in [1.54, 1.807) is 37.3 Å². The number of nitrogens with one attached hydrogen (secondary N) is 1. The van der Waals surface area contributed by atoms with Gasteiger partial charge in [0, 0.05) is 18.3 Å². The van der Waals surface area contributed by atoms with Crippen molar-refractivity contribution in [2.24, 2.45) is 10.7 Å². The maximum Gasteiger partial charge on any atom is 0.248 e. The lowest BCUT2D eigenvalue weighted by Gasteiger charge is -2.16. The van der Waals surface area contributed by atoms with Gasteiger partial charge in [-0.3, -0.25) is 4.79 Å². The molecular weight excluding hydrogens is 332 g/mol. The van der Waals surface area contributed by atoms with Gasteiger partial charge in [-0.1, -0.05) is 18.2 Å². The topological polar surface area (TPSA) is 89.2 Å². The minimum absolute atomic E-state index is 0.0283. The first-order chi connectivity index (χ1) is 12.6. The second-order valence-corrected chi connectivity index (χ2v) is 5.82. The highest BCUT2D eigenvalue weighted by molar-refractivity contribution is 6.00. The highest BCUT2D eigenvalue weighted by Gasteiger charge is 2.23. The molecular formula is C19H22N4O3. The number of anilines is 2. The van der Waals surface area contributed by atoms with Crippen molar-refractivity contribution in [1.82, 2.24) is 0 Å². The lowest BCUT2D eigenvalue weighted by molar-refractivity contribution is -0.117. The average molecular weight is 354 g/mol. The van der Waals surface area contributed by atoms with E-state index < -0.39 is 0 Å². The lowest BCUT2D eigenvalue weighted by Crippen LogP contribution is -2.32. The van der Waals surface area contributed by atoms with E-state index in [9.17, 15) is 4.79 Å². The molecule has 0 atom stereocenters. The second kappa shape index (κ2) is 7.77. The maximum atomic E-state index is 12.5. The Balaban J connectivity index is 1.67. The standard InChI is InChI=1S/C19H22N4O3/c1-25-14-7-8-17(26-2)15(11-14)22-19(20)21-12-18(24)23-10-9-13-5-3-4-6-16(13)23/h3-8,11H,9-10,12H2,1-2H3,(H3,20,21,22). The summed E-state index contributed by atoms with van der Waals surface area (Å²) in [6, 6.07) is 13.2. The molecule has 0 saturated carbocycles. The summed E-state index contributed by atoms with van der Waals surface area (Å²) in [5, 5.41) is 2.95. The summed E-state index contributed by atoms with van der Waals surface area (Å²) in [6.07, 6.45) is 0.861. The van der Waals surface area contributed by atoms with Gasteiger partial charge in [-0.25, -0.2) is 4.99 Å². The fourth-order valence-corrected chi connectivity index (χ4v) is 2.92. The number of amides is 1. The molecule has 0 fully saturated rings. The molecule has 0 aromatic heterocycles. The Morgan fingerprint density at radius 1 is 1.23 bits per heavy atom. The Morgan fingerprint density at radius 2 is 2.04 bits per heavy atom. The summed E-state index contributed by atoms with van der Waals surface area (Å²) in [7, 11) is 3.14. The molecule has 7 nitrogen and oxygen atoms in total. The van der Waals surface area contributed by atoms with Crippen molar-refractivity contribution in [3.63, 3.8) is 0 Å². The van der Waals surface area contributed by atoms with Crippen molar-refractivity contribution >= 4 is 23.2 Å². The molecule has 0 spiro atoms. The molecule has 2 aromatic rings. The quantitative estimate of drug-likeness (QED) is 0.633. The van der Waals surface area contributed by atoms with E-state index in [-0.39, 0.29) is 18.4 Å². The van der Waals surface area contributed by atoms with Crippen LogP contribution in [0.2, 0.25) is 0 Å². The zero-order valence-electron chi connectivity index (χ0n) is 14.9. The van der Waals surface area contributed by atoms with Crippen molar-refractivity contribution in [3.05, 3.63) is 48.0 Å². The van der Waals surface area contributed by atoms with Crippen LogP contribution < -0.4 is 25.4 Å². The molecule has 0 saturated heterocycles. The summed E-state index contributed by atoms with van der Waals surface area (Å²) >= 11 is 0. The van der Waals surface area contributed by atoms with Gasteiger partial charge in [0.15, 0.2) is 5.96 Å². The van der Waals surface area contributed by atoms with Crippen molar-refractivity contribution in [2.45, 2.75) is 6.42 Å². The number of aliphatic imine (C=N–C) groups is 1. The molecule has 7 heteroatoms. The van der Waals surface area contributed by atoms with Gasteiger partial charge in [-0.15, -0.1) is 0 Å². The van der Waals surface area contributed by atoms with Gasteiger partial charge in [-0.2, -0.15) is 0 Å². The fourth-order valence-electron chi connectivity index (χ4n) is 2.92. The Hall–Kier alpha value is -3.22. The van der Waals surface area contributed by atoms with Crippen molar-refractivity contribution < 1.29 is 14.3 Å². The summed E-state index contributed by atoms with van der Waals surface area (Å²) < 4.78 is 10.5. The SMILES string of the molecule is COc1ccc(OC)c(NC(N)=NCC(=O)N2CCc3ccccc32)c1. The highest BCUT2D eigenvalue weighted by atomic mass is 16.5. The number of hydrogen-bond acceptors (Lipinski definition) is 4. The molecule has 3 rings (SSSR count). The van der Waals surface area contributed by atoms with Crippen molar-refractivity contribution in [1.29, 1.82) is 0 Å². The first kappa shape index (κ1) is 17.6. The van der Waals surface area contributed by atoms with Crippen molar-refractivity contribution in [3.8, 4) is 11.5 Å². The van der Waals surface area contributed by atoms with E-state index in [2.05, 4.69) is 10.3 Å². The number of methoxy groups -OCH3 is 2. The summed E-state index contributed by atoms with van der Waals surface area (Å²) in [5.41, 5.74) is 8.68. The molecule has 136 valence electrons. The number of para-hydroxylation sites is 1. The first-order valence-electron chi connectivity index (χ1n) is 8.29. The number of carbonyl (C=O) groups is 1. The highest BCUT2D eigenvalue weighted by Crippen LogP contribution is 2.29. The van der Waals surface area contributed by atoms with Gasteiger partial charge >= 0.3 is 0 Å². The number of nitrogens with two attached hydrogens (primary N) is 1. The molecule has 1 aliphatic heterocycles. The Kier molecular flexibility index (Phi) is 5.26. The number of guanidine groups is 1. The predicted molar refractivity (Wildman–Crippen MR) is 102 cm³/mol. The third kappa shape index (κ3) is 3.72. The number of benzene rings is 2. The number of carbonyl (C=O) groups excluding carboxylic acids is 1. The van der Waals surface area contributed by atoms with Gasteiger partial charge in [-0.05, 0) is 30.2 Å². The van der Waals surface area contributed by atoms with E-state index in [4.69, 9.17) is 15.2 Å². The number of hydrogen-bond donors (Lipinski definition) is 2. The van der Waals surface area contributed by atoms with Crippen LogP contribution in [-0.2, 0) is 11.2 Å². The van der Waals surface area contributed by atoms with E-state index in [1.807, 2.05) is 24.3 Å². The van der Waals surface area contributed by atoms with E-state index in [0.717, 1.165) is 12.1 Å². The monoisotopic (exact) mass is 354 g/mol. The number of fused-ring (bicyclic) bond motifs is 1. The van der Waals surface area contributed by atoms with Gasteiger partial charge in [0.25, 0.3) is 0 Å². The third-order valence-corrected chi connectivity index (χ3v) is 4.24. The minimum atomic E-state index is -0.0858. The van der Waals surface area contributed by atoms with Crippen molar-refractivity contribution in [2.75, 3.05) is 37.5 Å². The maximum absolute atomic E-state index is 12.5. The Bertz CT molecular complexity index is 835. The minimum Gasteiger partial charge on any atom is -0.497 e. The normalized spacial score (nSPS) is 13.3. The van der Waals surface area contributed by atoms with Gasteiger partial charge in [0.05, 0.1) is 19.9 Å². The number of nitrogens with zero attached hydrogens (tertiary/aromatic N) is 2. The third-order valence-electron chi connectivity index (χ3n) is 4.24. The number of rotatable bonds is 5. The van der Waals surface area contributed by atoms with Crippen LogP contribution in [0.15, 0.2) is 47.5 Å². The van der Waals surface area contributed by atoms with Gasteiger partial charge in [0.1, 0.15) is 18.0 Å². The van der Waals surface area contributed by atoms with Crippen LogP contribution in [0, 0.1) is 0 Å². The average Bonchev–Trinajstić information content (AvgIpc) is 3.10. The van der Waals surface area contributed by atoms with Gasteiger partial charge in [0.2, 0.25) is 5.91 Å². The van der Waals surface area contributed by atoms with Gasteiger partial charge < -0.3 is 25.4 Å². The molecule has 0 aliphatic carbocycles. The lowest BCUT2D eigenvalue weighted by atomic mass is 10.2. The predicted octanol–water partition coefficient (Wildman–Crippen LogP) is 2.02. The van der Waals surface area contributed by atoms with E-state index in [0.29, 0.717) is 23.7 Å². The molecule has 1 amide bonds. The van der Waals surface area contributed by atoms with Crippen LogP contribution in [0.1, 0.15) is 5.56 Å². The van der Waals surface area contributed by atoms with E-state index in [1.165, 1.54) is 5.56 Å². The second-order valence-electron chi connectivity index (χ2n) is 5.82. The molecule has 3 N–H and O–H groups in total. The van der Waals surface area contributed by atoms with Crippen LogP contribution in [0.3, 0.4) is 0 Å². The van der Waals surface area contributed by atoms with Crippen LogP contribution in [0.25, 0.3) is 0 Å². The van der Waals surface area contributed by atoms with Crippen LogP contribution in [0.5, 0.6) is 11.5 Å². The van der Waals surface area contributed by atoms with Crippen LogP contribution in [-0.4, -0.2) is 39.2 Å². The van der Waals surface area contributed by atoms with E-state index >= 15 is 0 Å². The zero-order chi connectivity index (χ0) is 18.5. The largest absolute Gasteiger partial charge is 0.497 e. The first-order valence-corrected chi connectivity index (χ1v) is 8.29. The number of ether oxygens (including phenoxy) is 2. The molecule has 0 radical (unpaired) electrons. The fraction of sp³-hybridized carbons (Fsp3) is 0.263. The van der Waals surface area contributed by atoms with Crippen LogP contribution >= 0.6 is 0 Å². The molecule has 26 heavy (non-hydrogen) atoms. The molecule has 2 aromatic carbocycles. The summed E-state index contributed by atoms with van der Waals surface area (Å²) in [6.45, 7) is 0.643. The zero-order valence-corrected chi connectivity index (χ0v) is 14.9. The summed E-state index contributed by atoms with van der Waals surface area (Å²) in [5.74, 6) is 1.31. The molecule has 0 bridgehead atoms. The van der Waals surface area contributed by atoms with Crippen LogP contribution in [0.4, 0.5) is 11.4 Å². The molecule has 1 aliphatic rings. The summed E-state index contributed by atoms with van der Waals surface area (Å²) in [4.78, 5) is 18.4. The smallest absolute Gasteiger partial charge is 0.248 e. The molecule has 0 unspecified atom stereocenters. The Morgan fingerprint density at radius 3 is 2.81 bits per heavy atom. The molecule has 1 heterocycles. The Labute approximate surface area is 152 Å².